The summed E-state index contributed by atoms with van der Waals surface area (Å²) in [6.45, 7) is 4.94. The van der Waals surface area contributed by atoms with Crippen molar-refractivity contribution < 1.29 is 0 Å². The van der Waals surface area contributed by atoms with Gasteiger partial charge in [-0.15, -0.1) is 11.3 Å². The van der Waals surface area contributed by atoms with Gasteiger partial charge in [-0.3, -0.25) is 0 Å². The van der Waals surface area contributed by atoms with Crippen LogP contribution in [0.1, 0.15) is 20.9 Å². The fraction of sp³-hybridized carbons (Fsp3) is 0.231. The van der Waals surface area contributed by atoms with E-state index < -0.39 is 0 Å². The number of nitrogens with zero attached hydrogens (tertiary/aromatic N) is 2. The van der Waals surface area contributed by atoms with Crippen LogP contribution >= 0.6 is 11.3 Å². The fourth-order valence-electron chi connectivity index (χ4n) is 1.54. The minimum atomic E-state index is 0.581. The van der Waals surface area contributed by atoms with Gasteiger partial charge in [-0.1, -0.05) is 0 Å². The van der Waals surface area contributed by atoms with E-state index >= 15 is 0 Å². The Balaban J connectivity index is 2.10. The number of aryl methyl sites for hydroxylation is 2. The van der Waals surface area contributed by atoms with Crippen LogP contribution in [0.25, 0.3) is 0 Å². The van der Waals surface area contributed by atoms with E-state index in [4.69, 9.17) is 5.26 Å². The Morgan fingerprint density at radius 3 is 2.94 bits per heavy atom. The van der Waals surface area contributed by atoms with Crippen molar-refractivity contribution in [3.05, 3.63) is 45.3 Å². The molecule has 0 saturated carbocycles. The molecule has 0 aliphatic rings. The summed E-state index contributed by atoms with van der Waals surface area (Å²) in [6, 6.07) is 7.83. The second kappa shape index (κ2) is 4.98. The molecule has 2 heterocycles. The summed E-state index contributed by atoms with van der Waals surface area (Å²) in [7, 11) is 0. The SMILES string of the molecule is Cc1cc(CNc2ncccc2C#N)sc1C. The highest BCUT2D eigenvalue weighted by Gasteiger charge is 2.04. The number of rotatable bonds is 3. The monoisotopic (exact) mass is 243 g/mol. The Kier molecular flexibility index (Phi) is 3.40. The van der Waals surface area contributed by atoms with Crippen LogP contribution in [0.15, 0.2) is 24.4 Å². The number of nitrogens with one attached hydrogen (secondary N) is 1. The van der Waals surface area contributed by atoms with Gasteiger partial charge in [-0.25, -0.2) is 4.98 Å². The molecule has 86 valence electrons. The number of anilines is 1. The van der Waals surface area contributed by atoms with Gasteiger partial charge in [0.05, 0.1) is 12.1 Å². The quantitative estimate of drug-likeness (QED) is 0.900. The number of thiophene rings is 1. The summed E-state index contributed by atoms with van der Waals surface area (Å²) >= 11 is 1.77. The summed E-state index contributed by atoms with van der Waals surface area (Å²) in [5.74, 6) is 0.652. The normalized spacial score (nSPS) is 9.94. The van der Waals surface area contributed by atoms with E-state index in [1.807, 2.05) is 0 Å². The third-order valence-corrected chi connectivity index (χ3v) is 3.73. The maximum atomic E-state index is 8.94. The van der Waals surface area contributed by atoms with Crippen molar-refractivity contribution in [2.45, 2.75) is 20.4 Å². The molecule has 0 aromatic carbocycles. The summed E-state index contributed by atoms with van der Waals surface area (Å²) in [4.78, 5) is 6.76. The molecule has 0 spiro atoms. The van der Waals surface area contributed by atoms with E-state index in [9.17, 15) is 0 Å². The first-order chi connectivity index (χ1) is 8.20. The van der Waals surface area contributed by atoms with Crippen LogP contribution in [-0.2, 0) is 6.54 Å². The van der Waals surface area contributed by atoms with Gasteiger partial charge in [-0.05, 0) is 37.6 Å². The molecule has 2 aromatic rings. The van der Waals surface area contributed by atoms with Gasteiger partial charge in [0.15, 0.2) is 0 Å². The Bertz CT molecular complexity index is 547. The van der Waals surface area contributed by atoms with Crippen molar-refractivity contribution in [1.82, 2.24) is 4.98 Å². The third-order valence-electron chi connectivity index (χ3n) is 2.58. The van der Waals surface area contributed by atoms with Gasteiger partial charge in [-0.2, -0.15) is 5.26 Å². The summed E-state index contributed by atoms with van der Waals surface area (Å²) in [5.41, 5.74) is 1.89. The maximum absolute atomic E-state index is 8.94. The molecule has 17 heavy (non-hydrogen) atoms. The molecule has 0 aliphatic carbocycles. The van der Waals surface area contributed by atoms with Crippen molar-refractivity contribution in [2.75, 3.05) is 5.32 Å². The average molecular weight is 243 g/mol. The van der Waals surface area contributed by atoms with Crippen molar-refractivity contribution in [1.29, 1.82) is 5.26 Å². The Morgan fingerprint density at radius 1 is 1.47 bits per heavy atom. The molecule has 0 bridgehead atoms. The minimum Gasteiger partial charge on any atom is -0.364 e. The minimum absolute atomic E-state index is 0.581. The second-order valence-corrected chi connectivity index (χ2v) is 5.16. The van der Waals surface area contributed by atoms with Gasteiger partial charge in [0.25, 0.3) is 0 Å². The zero-order valence-electron chi connectivity index (χ0n) is 9.82. The van der Waals surface area contributed by atoms with E-state index in [0.29, 0.717) is 17.9 Å². The lowest BCUT2D eigenvalue weighted by atomic mass is 10.2. The van der Waals surface area contributed by atoms with Crippen LogP contribution in [0.3, 0.4) is 0 Å². The first-order valence-corrected chi connectivity index (χ1v) is 6.17. The number of hydrogen-bond donors (Lipinski definition) is 1. The van der Waals surface area contributed by atoms with Crippen molar-refractivity contribution in [3.8, 4) is 6.07 Å². The predicted molar refractivity (Wildman–Crippen MR) is 70.1 cm³/mol. The molecule has 0 unspecified atom stereocenters. The molecule has 0 aliphatic heterocycles. The molecule has 0 radical (unpaired) electrons. The molecule has 0 atom stereocenters. The van der Waals surface area contributed by atoms with Crippen molar-refractivity contribution >= 4 is 17.2 Å². The van der Waals surface area contributed by atoms with Crippen LogP contribution in [-0.4, -0.2) is 4.98 Å². The lowest BCUT2D eigenvalue weighted by Gasteiger charge is -2.04. The highest BCUT2D eigenvalue weighted by molar-refractivity contribution is 7.12. The number of pyridine rings is 1. The van der Waals surface area contributed by atoms with Gasteiger partial charge < -0.3 is 5.32 Å². The lowest BCUT2D eigenvalue weighted by molar-refractivity contribution is 1.13. The van der Waals surface area contributed by atoms with Crippen molar-refractivity contribution in [3.63, 3.8) is 0 Å². The topological polar surface area (TPSA) is 48.7 Å². The third kappa shape index (κ3) is 2.63. The number of nitriles is 1. The van der Waals surface area contributed by atoms with E-state index in [-0.39, 0.29) is 0 Å². The molecular weight excluding hydrogens is 230 g/mol. The molecule has 1 N–H and O–H groups in total. The van der Waals surface area contributed by atoms with Crippen LogP contribution in [0.2, 0.25) is 0 Å². The lowest BCUT2D eigenvalue weighted by Crippen LogP contribution is -2.01. The molecular formula is C13H13N3S. The first kappa shape index (κ1) is 11.6. The molecule has 0 fully saturated rings. The molecule has 0 amide bonds. The molecule has 0 saturated heterocycles. The van der Waals surface area contributed by atoms with E-state index in [2.05, 4.69) is 36.3 Å². The van der Waals surface area contributed by atoms with Gasteiger partial charge in [0.1, 0.15) is 11.9 Å². The standard InChI is InChI=1S/C13H13N3S/c1-9-6-12(17-10(9)2)8-16-13-11(7-14)4-3-5-15-13/h3-6H,8H2,1-2H3,(H,15,16). The summed E-state index contributed by atoms with van der Waals surface area (Å²) in [5, 5.41) is 12.1. The molecule has 2 aromatic heterocycles. The second-order valence-electron chi connectivity index (χ2n) is 3.82. The Labute approximate surface area is 105 Å². The zero-order chi connectivity index (χ0) is 12.3. The smallest absolute Gasteiger partial charge is 0.144 e. The first-order valence-electron chi connectivity index (χ1n) is 5.35. The van der Waals surface area contributed by atoms with Crippen LogP contribution in [0.4, 0.5) is 5.82 Å². The molecule has 2 rings (SSSR count). The Morgan fingerprint density at radius 2 is 2.29 bits per heavy atom. The van der Waals surface area contributed by atoms with Crippen LogP contribution < -0.4 is 5.32 Å². The molecule has 3 nitrogen and oxygen atoms in total. The van der Waals surface area contributed by atoms with E-state index in [1.54, 1.807) is 29.7 Å². The van der Waals surface area contributed by atoms with Crippen LogP contribution in [0, 0.1) is 25.2 Å². The maximum Gasteiger partial charge on any atom is 0.144 e. The molecule has 4 heteroatoms. The van der Waals surface area contributed by atoms with E-state index in [0.717, 1.165) is 0 Å². The predicted octanol–water partition coefficient (Wildman–Crippen LogP) is 3.24. The van der Waals surface area contributed by atoms with Gasteiger partial charge in [0.2, 0.25) is 0 Å². The van der Waals surface area contributed by atoms with Crippen molar-refractivity contribution in [2.24, 2.45) is 0 Å². The highest BCUT2D eigenvalue weighted by Crippen LogP contribution is 2.21. The average Bonchev–Trinajstić information content (AvgIpc) is 2.66. The summed E-state index contributed by atoms with van der Waals surface area (Å²) in [6.07, 6.45) is 1.69. The fourth-order valence-corrected chi connectivity index (χ4v) is 2.54. The highest BCUT2D eigenvalue weighted by atomic mass is 32.1. The zero-order valence-corrected chi connectivity index (χ0v) is 10.6. The number of hydrogen-bond acceptors (Lipinski definition) is 4. The van der Waals surface area contributed by atoms with Crippen LogP contribution in [0.5, 0.6) is 0 Å². The largest absolute Gasteiger partial charge is 0.364 e. The van der Waals surface area contributed by atoms with E-state index in [1.165, 1.54) is 15.3 Å². The summed E-state index contributed by atoms with van der Waals surface area (Å²) < 4.78 is 0. The van der Waals surface area contributed by atoms with Gasteiger partial charge >= 0.3 is 0 Å². The van der Waals surface area contributed by atoms with Gasteiger partial charge in [0, 0.05) is 16.0 Å². The Hall–Kier alpha value is -1.86. The number of aromatic nitrogens is 1.